The minimum atomic E-state index is -3.60. The van der Waals surface area contributed by atoms with Crippen LogP contribution in [0.4, 0.5) is 0 Å². The Morgan fingerprint density at radius 2 is 1.77 bits per heavy atom. The summed E-state index contributed by atoms with van der Waals surface area (Å²) >= 11 is 0. The van der Waals surface area contributed by atoms with Crippen LogP contribution in [-0.4, -0.2) is 46.1 Å². The van der Waals surface area contributed by atoms with Crippen molar-refractivity contribution in [3.8, 4) is 11.5 Å². The van der Waals surface area contributed by atoms with Crippen molar-refractivity contribution in [2.24, 2.45) is 5.73 Å². The quantitative estimate of drug-likeness (QED) is 0.872. The van der Waals surface area contributed by atoms with Crippen molar-refractivity contribution >= 4 is 22.4 Å². The Morgan fingerprint density at radius 1 is 1.18 bits per heavy atom. The summed E-state index contributed by atoms with van der Waals surface area (Å²) in [5.74, 6) is 0.906. The maximum atomic E-state index is 12.9. The number of halogens is 1. The molecular weight excluding hydrogens is 328 g/mol. The van der Waals surface area contributed by atoms with Gasteiger partial charge in [-0.25, -0.2) is 8.42 Å². The number of hydrogen-bond acceptors (Lipinski definition) is 5. The summed E-state index contributed by atoms with van der Waals surface area (Å²) in [4.78, 5) is 0.180. The molecule has 1 heterocycles. The highest BCUT2D eigenvalue weighted by Crippen LogP contribution is 2.30. The number of ether oxygens (including phenoxy) is 2. The second kappa shape index (κ2) is 8.01. The van der Waals surface area contributed by atoms with Crippen molar-refractivity contribution < 1.29 is 17.9 Å². The first-order chi connectivity index (χ1) is 10.0. The fraction of sp³-hybridized carbons (Fsp3) is 0.571. The number of piperidine rings is 1. The van der Waals surface area contributed by atoms with Crippen LogP contribution in [0.2, 0.25) is 0 Å². The van der Waals surface area contributed by atoms with Crippen molar-refractivity contribution in [1.82, 2.24) is 4.31 Å². The third-order valence-electron chi connectivity index (χ3n) is 3.78. The van der Waals surface area contributed by atoms with E-state index in [-0.39, 0.29) is 23.3 Å². The lowest BCUT2D eigenvalue weighted by Gasteiger charge is -2.34. The Kier molecular flexibility index (Phi) is 6.93. The molecule has 0 aromatic heterocycles. The fourth-order valence-electron chi connectivity index (χ4n) is 2.59. The SMILES string of the molecule is COc1cc(OC)cc(S(=O)(=O)N2CCCCC2CN)c1.Cl. The first-order valence-electron chi connectivity index (χ1n) is 6.98. The van der Waals surface area contributed by atoms with E-state index in [1.54, 1.807) is 6.07 Å². The average molecular weight is 351 g/mol. The summed E-state index contributed by atoms with van der Waals surface area (Å²) in [6, 6.07) is 4.54. The van der Waals surface area contributed by atoms with Crippen LogP contribution in [0.3, 0.4) is 0 Å². The first kappa shape index (κ1) is 19.0. The molecule has 8 heteroatoms. The lowest BCUT2D eigenvalue weighted by Crippen LogP contribution is -2.47. The number of nitrogens with two attached hydrogens (primary N) is 1. The highest BCUT2D eigenvalue weighted by Gasteiger charge is 2.33. The lowest BCUT2D eigenvalue weighted by molar-refractivity contribution is 0.257. The first-order valence-corrected chi connectivity index (χ1v) is 8.42. The third-order valence-corrected chi connectivity index (χ3v) is 5.71. The molecule has 1 atom stereocenters. The molecule has 126 valence electrons. The van der Waals surface area contributed by atoms with Gasteiger partial charge >= 0.3 is 0 Å². The van der Waals surface area contributed by atoms with Gasteiger partial charge in [0, 0.05) is 37.3 Å². The number of rotatable bonds is 5. The van der Waals surface area contributed by atoms with E-state index in [0.29, 0.717) is 24.6 Å². The monoisotopic (exact) mass is 350 g/mol. The Labute approximate surface area is 138 Å². The minimum absolute atomic E-state index is 0. The van der Waals surface area contributed by atoms with Crippen LogP contribution < -0.4 is 15.2 Å². The highest BCUT2D eigenvalue weighted by atomic mass is 35.5. The van der Waals surface area contributed by atoms with Gasteiger partial charge in [-0.15, -0.1) is 12.4 Å². The van der Waals surface area contributed by atoms with Gasteiger partial charge in [0.15, 0.2) is 0 Å². The predicted molar refractivity (Wildman–Crippen MR) is 87.4 cm³/mol. The van der Waals surface area contributed by atoms with Crippen LogP contribution in [0.1, 0.15) is 19.3 Å². The number of nitrogens with zero attached hydrogens (tertiary/aromatic N) is 1. The number of methoxy groups -OCH3 is 2. The van der Waals surface area contributed by atoms with E-state index in [4.69, 9.17) is 15.2 Å². The van der Waals surface area contributed by atoms with Crippen molar-refractivity contribution in [3.63, 3.8) is 0 Å². The third kappa shape index (κ3) is 3.84. The maximum absolute atomic E-state index is 12.9. The van der Waals surface area contributed by atoms with Gasteiger partial charge in [0.05, 0.1) is 19.1 Å². The second-order valence-corrected chi connectivity index (χ2v) is 6.94. The molecule has 0 saturated carbocycles. The smallest absolute Gasteiger partial charge is 0.243 e. The molecule has 1 aromatic rings. The summed E-state index contributed by atoms with van der Waals surface area (Å²) in [7, 11) is -0.606. The molecule has 1 saturated heterocycles. The van der Waals surface area contributed by atoms with Crippen LogP contribution in [0.5, 0.6) is 11.5 Å². The molecule has 1 fully saturated rings. The number of hydrogen-bond donors (Lipinski definition) is 1. The number of benzene rings is 1. The van der Waals surface area contributed by atoms with E-state index in [1.165, 1.54) is 30.7 Å². The van der Waals surface area contributed by atoms with E-state index in [0.717, 1.165) is 19.3 Å². The van der Waals surface area contributed by atoms with Gasteiger partial charge in [0.25, 0.3) is 0 Å². The van der Waals surface area contributed by atoms with E-state index in [2.05, 4.69) is 0 Å². The van der Waals surface area contributed by atoms with E-state index in [9.17, 15) is 8.42 Å². The zero-order valence-electron chi connectivity index (χ0n) is 12.8. The zero-order chi connectivity index (χ0) is 15.5. The van der Waals surface area contributed by atoms with Crippen molar-refractivity contribution in [1.29, 1.82) is 0 Å². The zero-order valence-corrected chi connectivity index (χ0v) is 14.5. The normalized spacial score (nSPS) is 19.3. The summed E-state index contributed by atoms with van der Waals surface area (Å²) in [6.45, 7) is 0.837. The van der Waals surface area contributed by atoms with Gasteiger partial charge in [-0.2, -0.15) is 4.31 Å². The minimum Gasteiger partial charge on any atom is -0.497 e. The molecule has 0 amide bonds. The van der Waals surface area contributed by atoms with Gasteiger partial charge in [-0.05, 0) is 12.8 Å². The fourth-order valence-corrected chi connectivity index (χ4v) is 4.35. The Hall–Kier alpha value is -1.02. The molecule has 2 rings (SSSR count). The molecule has 0 aliphatic carbocycles. The lowest BCUT2D eigenvalue weighted by atomic mass is 10.1. The van der Waals surface area contributed by atoms with Crippen molar-refractivity contribution in [2.45, 2.75) is 30.2 Å². The van der Waals surface area contributed by atoms with E-state index in [1.807, 2.05) is 0 Å². The largest absolute Gasteiger partial charge is 0.497 e. The van der Waals surface area contributed by atoms with E-state index >= 15 is 0 Å². The van der Waals surface area contributed by atoms with Crippen LogP contribution in [-0.2, 0) is 10.0 Å². The molecule has 0 bridgehead atoms. The molecule has 1 unspecified atom stereocenters. The molecule has 0 spiro atoms. The van der Waals surface area contributed by atoms with Crippen LogP contribution in [0.25, 0.3) is 0 Å². The Bertz CT molecular complexity index is 572. The molecule has 2 N–H and O–H groups in total. The van der Waals surface area contributed by atoms with Crippen LogP contribution >= 0.6 is 12.4 Å². The Balaban J connectivity index is 0.00000242. The van der Waals surface area contributed by atoms with Crippen molar-refractivity contribution in [3.05, 3.63) is 18.2 Å². The number of sulfonamides is 1. The van der Waals surface area contributed by atoms with Gasteiger partial charge in [0.2, 0.25) is 10.0 Å². The summed E-state index contributed by atoms with van der Waals surface area (Å²) in [5.41, 5.74) is 5.73. The van der Waals surface area contributed by atoms with Gasteiger partial charge < -0.3 is 15.2 Å². The summed E-state index contributed by atoms with van der Waals surface area (Å²) < 4.78 is 37.5. The molecule has 6 nitrogen and oxygen atoms in total. The average Bonchev–Trinajstić information content (AvgIpc) is 2.54. The standard InChI is InChI=1S/C14H22N2O4S.ClH/c1-19-12-7-13(20-2)9-14(8-12)21(17,18)16-6-4-3-5-11(16)10-15;/h7-9,11H,3-6,10,15H2,1-2H3;1H. The predicted octanol–water partition coefficient (Wildman–Crippen LogP) is 1.63. The molecule has 1 aliphatic rings. The molecule has 1 aliphatic heterocycles. The van der Waals surface area contributed by atoms with Crippen LogP contribution in [0.15, 0.2) is 23.1 Å². The van der Waals surface area contributed by atoms with Crippen LogP contribution in [0, 0.1) is 0 Å². The molecule has 1 aromatic carbocycles. The van der Waals surface area contributed by atoms with Gasteiger partial charge in [-0.3, -0.25) is 0 Å². The molecule has 22 heavy (non-hydrogen) atoms. The van der Waals surface area contributed by atoms with E-state index < -0.39 is 10.0 Å². The van der Waals surface area contributed by atoms with Gasteiger partial charge in [-0.1, -0.05) is 6.42 Å². The van der Waals surface area contributed by atoms with Crippen molar-refractivity contribution in [2.75, 3.05) is 27.3 Å². The molecule has 0 radical (unpaired) electrons. The maximum Gasteiger partial charge on any atom is 0.243 e. The summed E-state index contributed by atoms with van der Waals surface area (Å²) in [6.07, 6.45) is 2.67. The molecular formula is C14H23ClN2O4S. The highest BCUT2D eigenvalue weighted by molar-refractivity contribution is 7.89. The van der Waals surface area contributed by atoms with Gasteiger partial charge in [0.1, 0.15) is 11.5 Å². The Morgan fingerprint density at radius 3 is 2.27 bits per heavy atom. The summed E-state index contributed by atoms with van der Waals surface area (Å²) in [5, 5.41) is 0. The second-order valence-electron chi connectivity index (χ2n) is 5.05. The topological polar surface area (TPSA) is 81.9 Å².